The lowest BCUT2D eigenvalue weighted by molar-refractivity contribution is -0.117. The first-order valence-electron chi connectivity index (χ1n) is 7.38. The maximum absolute atomic E-state index is 12.3. The van der Waals surface area contributed by atoms with Crippen molar-refractivity contribution in [3.63, 3.8) is 0 Å². The van der Waals surface area contributed by atoms with Gasteiger partial charge in [0, 0.05) is 33.7 Å². The average molecular weight is 380 g/mol. The number of nitrogens with one attached hydrogen (secondary N) is 2. The molecule has 3 aromatic rings. The fraction of sp³-hybridized carbons (Fsp3) is 0.0526. The Morgan fingerprint density at radius 1 is 1.25 bits per heavy atom. The molecule has 2 aromatic carbocycles. The Kier molecular flexibility index (Phi) is 4.78. The maximum atomic E-state index is 12.3. The first kappa shape index (κ1) is 16.0. The van der Waals surface area contributed by atoms with Crippen molar-refractivity contribution >= 4 is 38.8 Å². The topological polar surface area (TPSA) is 68.7 Å². The number of hydrogen-bond acceptors (Lipinski definition) is 2. The molecule has 5 heteroatoms. The molecule has 0 aliphatic carbocycles. The number of aromatic amines is 1. The number of amides is 1. The number of hydrogen-bond donors (Lipinski definition) is 2. The van der Waals surface area contributed by atoms with Gasteiger partial charge >= 0.3 is 0 Å². The van der Waals surface area contributed by atoms with E-state index in [0.29, 0.717) is 6.54 Å². The summed E-state index contributed by atoms with van der Waals surface area (Å²) in [5, 5.41) is 13.0. The van der Waals surface area contributed by atoms with Gasteiger partial charge in [-0.15, -0.1) is 0 Å². The number of H-pyrrole nitrogens is 1. The zero-order valence-electron chi connectivity index (χ0n) is 12.7. The predicted molar refractivity (Wildman–Crippen MR) is 97.9 cm³/mol. The maximum Gasteiger partial charge on any atom is 0.262 e. The number of nitrogens with zero attached hydrogens (tertiary/aromatic N) is 1. The van der Waals surface area contributed by atoms with Crippen molar-refractivity contribution in [1.29, 1.82) is 5.26 Å². The quantitative estimate of drug-likeness (QED) is 0.527. The molecule has 0 aliphatic rings. The summed E-state index contributed by atoms with van der Waals surface area (Å²) in [6.07, 6.45) is 3.39. The van der Waals surface area contributed by atoms with E-state index >= 15 is 0 Å². The highest BCUT2D eigenvalue weighted by Gasteiger charge is 2.10. The molecule has 2 N–H and O–H groups in total. The molecule has 118 valence electrons. The van der Waals surface area contributed by atoms with Crippen LogP contribution < -0.4 is 5.32 Å². The summed E-state index contributed by atoms with van der Waals surface area (Å²) >= 11 is 3.44. The standard InChI is InChI=1S/C19H14BrN3O/c20-16-6-7-18-17(9-16)15(12-22-18)8-14(10-21)19(24)23-11-13-4-2-1-3-5-13/h1-9,12,22H,11H2,(H,23,24)/b14-8+. The number of aromatic nitrogens is 1. The Hall–Kier alpha value is -2.84. The van der Waals surface area contributed by atoms with Crippen LogP contribution in [0.3, 0.4) is 0 Å². The van der Waals surface area contributed by atoms with Crippen molar-refractivity contribution in [2.24, 2.45) is 0 Å². The van der Waals surface area contributed by atoms with E-state index in [1.807, 2.05) is 54.6 Å². The van der Waals surface area contributed by atoms with E-state index in [4.69, 9.17) is 0 Å². The third kappa shape index (κ3) is 3.55. The lowest BCUT2D eigenvalue weighted by Gasteiger charge is -2.04. The molecule has 0 unspecified atom stereocenters. The van der Waals surface area contributed by atoms with Crippen LogP contribution in [0, 0.1) is 11.3 Å². The van der Waals surface area contributed by atoms with Crippen LogP contribution in [0.2, 0.25) is 0 Å². The van der Waals surface area contributed by atoms with Crippen LogP contribution >= 0.6 is 15.9 Å². The van der Waals surface area contributed by atoms with Crippen LogP contribution in [0.25, 0.3) is 17.0 Å². The third-order valence-corrected chi connectivity index (χ3v) is 4.13. The molecule has 0 spiro atoms. The van der Waals surface area contributed by atoms with Gasteiger partial charge in [-0.2, -0.15) is 5.26 Å². The minimum Gasteiger partial charge on any atom is -0.361 e. The van der Waals surface area contributed by atoms with Gasteiger partial charge < -0.3 is 10.3 Å². The number of halogens is 1. The first-order valence-corrected chi connectivity index (χ1v) is 8.17. The second kappa shape index (κ2) is 7.16. The van der Waals surface area contributed by atoms with Crippen LogP contribution in [0.15, 0.2) is 64.8 Å². The van der Waals surface area contributed by atoms with Gasteiger partial charge in [-0.1, -0.05) is 46.3 Å². The smallest absolute Gasteiger partial charge is 0.262 e. The summed E-state index contributed by atoms with van der Waals surface area (Å²) in [7, 11) is 0. The molecule has 1 aromatic heterocycles. The summed E-state index contributed by atoms with van der Waals surface area (Å²) in [6.45, 7) is 0.387. The van der Waals surface area contributed by atoms with E-state index in [2.05, 4.69) is 26.2 Å². The van der Waals surface area contributed by atoms with Crippen molar-refractivity contribution in [3.05, 3.63) is 75.9 Å². The van der Waals surface area contributed by atoms with E-state index in [9.17, 15) is 10.1 Å². The Labute approximate surface area is 147 Å². The van der Waals surface area contributed by atoms with Crippen molar-refractivity contribution < 1.29 is 4.79 Å². The summed E-state index contributed by atoms with van der Waals surface area (Å²) in [6, 6.07) is 17.4. The molecule has 0 radical (unpaired) electrons. The van der Waals surface area contributed by atoms with E-state index in [-0.39, 0.29) is 11.5 Å². The number of nitriles is 1. The molecule has 0 saturated heterocycles. The highest BCUT2D eigenvalue weighted by molar-refractivity contribution is 9.10. The van der Waals surface area contributed by atoms with Gasteiger partial charge in [0.05, 0.1) is 0 Å². The lowest BCUT2D eigenvalue weighted by Crippen LogP contribution is -2.23. The molecule has 0 atom stereocenters. The van der Waals surface area contributed by atoms with Crippen molar-refractivity contribution in [3.8, 4) is 6.07 Å². The van der Waals surface area contributed by atoms with Crippen LogP contribution in [0.4, 0.5) is 0 Å². The van der Waals surface area contributed by atoms with E-state index in [1.165, 1.54) is 0 Å². The zero-order valence-corrected chi connectivity index (χ0v) is 14.3. The third-order valence-electron chi connectivity index (χ3n) is 3.64. The minimum atomic E-state index is -0.384. The molecular formula is C19H14BrN3O. The Morgan fingerprint density at radius 3 is 2.79 bits per heavy atom. The Balaban J connectivity index is 1.82. The number of carbonyl (C=O) groups excluding carboxylic acids is 1. The lowest BCUT2D eigenvalue weighted by atomic mass is 10.1. The normalized spacial score (nSPS) is 11.2. The number of carbonyl (C=O) groups is 1. The summed E-state index contributed by atoms with van der Waals surface area (Å²) < 4.78 is 0.941. The minimum absolute atomic E-state index is 0.0757. The van der Waals surface area contributed by atoms with Crippen LogP contribution in [-0.2, 0) is 11.3 Å². The predicted octanol–water partition coefficient (Wildman–Crippen LogP) is 4.15. The highest BCUT2D eigenvalue weighted by Crippen LogP contribution is 2.24. The van der Waals surface area contributed by atoms with Gasteiger partial charge in [-0.25, -0.2) is 0 Å². The molecule has 3 rings (SSSR count). The van der Waals surface area contributed by atoms with Gasteiger partial charge in [0.15, 0.2) is 0 Å². The van der Waals surface area contributed by atoms with E-state index in [1.54, 1.807) is 12.3 Å². The first-order chi connectivity index (χ1) is 11.7. The number of rotatable bonds is 4. The monoisotopic (exact) mass is 379 g/mol. The SMILES string of the molecule is N#C/C(=C\c1c[nH]c2ccc(Br)cc12)C(=O)NCc1ccccc1. The molecule has 0 saturated carbocycles. The summed E-state index contributed by atoms with van der Waals surface area (Å²) in [4.78, 5) is 15.4. The van der Waals surface area contributed by atoms with E-state index in [0.717, 1.165) is 26.5 Å². The zero-order chi connectivity index (χ0) is 16.9. The van der Waals surface area contributed by atoms with Gasteiger partial charge in [0.2, 0.25) is 0 Å². The van der Waals surface area contributed by atoms with Gasteiger partial charge in [-0.3, -0.25) is 4.79 Å². The molecule has 1 amide bonds. The molecule has 4 nitrogen and oxygen atoms in total. The molecule has 0 fully saturated rings. The fourth-order valence-corrected chi connectivity index (χ4v) is 2.77. The highest BCUT2D eigenvalue weighted by atomic mass is 79.9. The van der Waals surface area contributed by atoms with Gasteiger partial charge in [0.25, 0.3) is 5.91 Å². The molecule has 0 bridgehead atoms. The van der Waals surface area contributed by atoms with Crippen LogP contribution in [-0.4, -0.2) is 10.9 Å². The van der Waals surface area contributed by atoms with Crippen molar-refractivity contribution in [1.82, 2.24) is 10.3 Å². The van der Waals surface area contributed by atoms with Crippen molar-refractivity contribution in [2.45, 2.75) is 6.54 Å². The van der Waals surface area contributed by atoms with E-state index < -0.39 is 0 Å². The molecule has 1 heterocycles. The number of benzene rings is 2. The molecular weight excluding hydrogens is 366 g/mol. The Bertz CT molecular complexity index is 952. The van der Waals surface area contributed by atoms with Crippen LogP contribution in [0.1, 0.15) is 11.1 Å². The molecule has 0 aliphatic heterocycles. The van der Waals surface area contributed by atoms with Crippen molar-refractivity contribution in [2.75, 3.05) is 0 Å². The fourth-order valence-electron chi connectivity index (χ4n) is 2.41. The van der Waals surface area contributed by atoms with Gasteiger partial charge in [-0.05, 0) is 29.8 Å². The second-order valence-electron chi connectivity index (χ2n) is 5.27. The molecule has 24 heavy (non-hydrogen) atoms. The van der Waals surface area contributed by atoms with Crippen LogP contribution in [0.5, 0.6) is 0 Å². The second-order valence-corrected chi connectivity index (χ2v) is 6.19. The largest absolute Gasteiger partial charge is 0.361 e. The Morgan fingerprint density at radius 2 is 2.04 bits per heavy atom. The average Bonchev–Trinajstić information content (AvgIpc) is 3.00. The number of fused-ring (bicyclic) bond motifs is 1. The summed E-state index contributed by atoms with van der Waals surface area (Å²) in [5.41, 5.74) is 2.81. The summed E-state index contributed by atoms with van der Waals surface area (Å²) in [5.74, 6) is -0.384. The van der Waals surface area contributed by atoms with Gasteiger partial charge in [0.1, 0.15) is 11.6 Å².